The Balaban J connectivity index is 2.02. The number of carbonyl (C=O) groups excluding carboxylic acids is 1. The van der Waals surface area contributed by atoms with Gasteiger partial charge >= 0.3 is 12.1 Å². The average molecular weight is 343 g/mol. The summed E-state index contributed by atoms with van der Waals surface area (Å²) < 4.78 is 39.2. The van der Waals surface area contributed by atoms with Crippen LogP contribution in [0, 0.1) is 5.92 Å². The van der Waals surface area contributed by atoms with E-state index in [0.29, 0.717) is 25.9 Å². The summed E-state index contributed by atoms with van der Waals surface area (Å²) in [6.45, 7) is 2.28. The first-order valence-corrected chi connectivity index (χ1v) is 7.87. The Morgan fingerprint density at radius 2 is 1.83 bits per heavy atom. The van der Waals surface area contributed by atoms with Crippen LogP contribution in [0.3, 0.4) is 0 Å². The van der Waals surface area contributed by atoms with Gasteiger partial charge in [-0.2, -0.15) is 13.2 Å². The molecule has 0 spiro atoms. The Kier molecular flexibility index (Phi) is 5.51. The third-order valence-electron chi connectivity index (χ3n) is 4.47. The number of benzene rings is 1. The topological polar surface area (TPSA) is 57.6 Å². The van der Waals surface area contributed by atoms with Crippen molar-refractivity contribution in [2.24, 2.45) is 5.92 Å². The van der Waals surface area contributed by atoms with Crippen LogP contribution in [-0.4, -0.2) is 35.0 Å². The van der Waals surface area contributed by atoms with Crippen molar-refractivity contribution < 1.29 is 27.9 Å². The number of amides is 1. The Labute approximate surface area is 138 Å². The number of aliphatic carboxylic acids is 1. The molecule has 1 aliphatic rings. The van der Waals surface area contributed by atoms with E-state index in [9.17, 15) is 22.8 Å². The average Bonchev–Trinajstić information content (AvgIpc) is 2.54. The van der Waals surface area contributed by atoms with Crippen molar-refractivity contribution in [2.75, 3.05) is 13.1 Å². The Hall–Kier alpha value is -2.05. The predicted octanol–water partition coefficient (Wildman–Crippen LogP) is 3.52. The molecule has 1 fully saturated rings. The van der Waals surface area contributed by atoms with Crippen LogP contribution in [0.2, 0.25) is 0 Å². The van der Waals surface area contributed by atoms with Gasteiger partial charge in [0.05, 0.1) is 11.5 Å². The number of hydrogen-bond acceptors (Lipinski definition) is 2. The molecule has 1 heterocycles. The largest absolute Gasteiger partial charge is 0.481 e. The highest BCUT2D eigenvalue weighted by Gasteiger charge is 2.35. The number of alkyl halides is 3. The predicted molar refractivity (Wildman–Crippen MR) is 81.4 cm³/mol. The number of piperidine rings is 1. The zero-order chi connectivity index (χ0) is 17.9. The lowest BCUT2D eigenvalue weighted by atomic mass is 9.91. The van der Waals surface area contributed by atoms with E-state index < -0.39 is 29.5 Å². The van der Waals surface area contributed by atoms with Gasteiger partial charge in [-0.15, -0.1) is 0 Å². The zero-order valence-electron chi connectivity index (χ0n) is 13.3. The van der Waals surface area contributed by atoms with Crippen LogP contribution >= 0.6 is 0 Å². The molecule has 0 saturated carbocycles. The number of likely N-dealkylation sites (tertiary alicyclic amines) is 1. The second-order valence-corrected chi connectivity index (χ2v) is 6.18. The maximum absolute atomic E-state index is 13.1. The van der Waals surface area contributed by atoms with Gasteiger partial charge in [0.25, 0.3) is 0 Å². The number of rotatable bonds is 4. The molecule has 24 heavy (non-hydrogen) atoms. The summed E-state index contributed by atoms with van der Waals surface area (Å²) >= 11 is 0. The first-order valence-electron chi connectivity index (χ1n) is 7.87. The maximum Gasteiger partial charge on any atom is 0.416 e. The Bertz CT molecular complexity index is 607. The standard InChI is InChI=1S/C17H20F3NO3/c1-11(13-4-2-3-5-14(13)17(18,19)20)10-15(22)21-8-6-12(7-9-21)16(23)24/h2-5,11-12H,6-10H2,1H3,(H,23,24). The highest BCUT2D eigenvalue weighted by atomic mass is 19.4. The molecule has 0 radical (unpaired) electrons. The Morgan fingerprint density at radius 1 is 1.25 bits per heavy atom. The molecule has 0 bridgehead atoms. The molecular formula is C17H20F3NO3. The van der Waals surface area contributed by atoms with Crippen molar-refractivity contribution in [3.05, 3.63) is 35.4 Å². The third-order valence-corrected chi connectivity index (χ3v) is 4.47. The number of carboxylic acid groups (broad SMARTS) is 1. The molecular weight excluding hydrogens is 323 g/mol. The minimum absolute atomic E-state index is 0.0230. The second kappa shape index (κ2) is 7.23. The molecule has 1 aromatic carbocycles. The number of carbonyl (C=O) groups is 2. The fourth-order valence-corrected chi connectivity index (χ4v) is 3.06. The first kappa shape index (κ1) is 18.3. The molecule has 1 saturated heterocycles. The highest BCUT2D eigenvalue weighted by Crippen LogP contribution is 2.36. The van der Waals surface area contributed by atoms with Crippen molar-refractivity contribution in [3.63, 3.8) is 0 Å². The zero-order valence-corrected chi connectivity index (χ0v) is 13.3. The normalized spacial score (nSPS) is 17.6. The van der Waals surface area contributed by atoms with E-state index in [0.717, 1.165) is 6.07 Å². The minimum atomic E-state index is -4.45. The second-order valence-electron chi connectivity index (χ2n) is 6.18. The van der Waals surface area contributed by atoms with Crippen molar-refractivity contribution in [1.29, 1.82) is 0 Å². The molecule has 7 heteroatoms. The molecule has 1 unspecified atom stereocenters. The summed E-state index contributed by atoms with van der Waals surface area (Å²) in [4.78, 5) is 24.8. The van der Waals surface area contributed by atoms with Crippen molar-refractivity contribution >= 4 is 11.9 Å². The van der Waals surface area contributed by atoms with Crippen molar-refractivity contribution in [2.45, 2.75) is 38.3 Å². The summed E-state index contributed by atoms with van der Waals surface area (Å²) in [5, 5.41) is 8.95. The molecule has 0 aromatic heterocycles. The molecule has 0 aliphatic carbocycles. The maximum atomic E-state index is 13.1. The lowest BCUT2D eigenvalue weighted by molar-refractivity contribution is -0.145. The molecule has 4 nitrogen and oxygen atoms in total. The van der Waals surface area contributed by atoms with E-state index >= 15 is 0 Å². The Morgan fingerprint density at radius 3 is 2.38 bits per heavy atom. The molecule has 2 rings (SSSR count). The summed E-state index contributed by atoms with van der Waals surface area (Å²) in [5.74, 6) is -2.11. The number of hydrogen-bond donors (Lipinski definition) is 1. The van der Waals surface area contributed by atoms with E-state index in [1.54, 1.807) is 11.8 Å². The molecule has 1 aliphatic heterocycles. The smallest absolute Gasteiger partial charge is 0.416 e. The molecule has 1 amide bonds. The van der Waals surface area contributed by atoms with Crippen molar-refractivity contribution in [1.82, 2.24) is 4.90 Å². The lowest BCUT2D eigenvalue weighted by Gasteiger charge is -2.31. The monoisotopic (exact) mass is 343 g/mol. The first-order chi connectivity index (χ1) is 11.2. The number of nitrogens with zero attached hydrogens (tertiary/aromatic N) is 1. The van der Waals surface area contributed by atoms with Crippen LogP contribution in [0.5, 0.6) is 0 Å². The molecule has 1 N–H and O–H groups in total. The molecule has 1 atom stereocenters. The fourth-order valence-electron chi connectivity index (χ4n) is 3.06. The van der Waals surface area contributed by atoms with E-state index in [2.05, 4.69) is 0 Å². The van der Waals surface area contributed by atoms with Gasteiger partial charge in [-0.1, -0.05) is 25.1 Å². The quantitative estimate of drug-likeness (QED) is 0.910. The number of halogens is 3. The van der Waals surface area contributed by atoms with E-state index in [1.165, 1.54) is 18.2 Å². The molecule has 1 aromatic rings. The van der Waals surface area contributed by atoms with Gasteiger partial charge in [-0.3, -0.25) is 9.59 Å². The van der Waals surface area contributed by atoms with Gasteiger partial charge in [0.2, 0.25) is 5.91 Å². The van der Waals surface area contributed by atoms with Gasteiger partial charge in [0.15, 0.2) is 0 Å². The summed E-state index contributed by atoms with van der Waals surface area (Å²) in [6.07, 6.45) is -3.71. The van der Waals surface area contributed by atoms with Gasteiger partial charge in [0, 0.05) is 19.5 Å². The van der Waals surface area contributed by atoms with E-state index in [1.807, 2.05) is 0 Å². The summed E-state index contributed by atoms with van der Waals surface area (Å²) in [7, 11) is 0. The van der Waals surface area contributed by atoms with Gasteiger partial charge in [-0.05, 0) is 30.4 Å². The van der Waals surface area contributed by atoms with Crippen LogP contribution in [-0.2, 0) is 15.8 Å². The van der Waals surface area contributed by atoms with E-state index in [4.69, 9.17) is 5.11 Å². The van der Waals surface area contributed by atoms with Crippen LogP contribution < -0.4 is 0 Å². The van der Waals surface area contributed by atoms with E-state index in [-0.39, 0.29) is 17.9 Å². The van der Waals surface area contributed by atoms with Crippen LogP contribution in [0.4, 0.5) is 13.2 Å². The van der Waals surface area contributed by atoms with Crippen LogP contribution in [0.25, 0.3) is 0 Å². The number of carboxylic acids is 1. The van der Waals surface area contributed by atoms with Crippen molar-refractivity contribution in [3.8, 4) is 0 Å². The third kappa shape index (κ3) is 4.27. The van der Waals surface area contributed by atoms with Gasteiger partial charge < -0.3 is 10.0 Å². The molecule has 132 valence electrons. The minimum Gasteiger partial charge on any atom is -0.481 e. The summed E-state index contributed by atoms with van der Waals surface area (Å²) in [6, 6.07) is 5.29. The van der Waals surface area contributed by atoms with Crippen LogP contribution in [0.1, 0.15) is 43.2 Å². The highest BCUT2D eigenvalue weighted by molar-refractivity contribution is 5.78. The van der Waals surface area contributed by atoms with Gasteiger partial charge in [0.1, 0.15) is 0 Å². The fraction of sp³-hybridized carbons (Fsp3) is 0.529. The SMILES string of the molecule is CC(CC(=O)N1CCC(C(=O)O)CC1)c1ccccc1C(F)(F)F. The summed E-state index contributed by atoms with van der Waals surface area (Å²) in [5.41, 5.74) is -0.603. The van der Waals surface area contributed by atoms with Crippen LogP contribution in [0.15, 0.2) is 24.3 Å². The van der Waals surface area contributed by atoms with Gasteiger partial charge in [-0.25, -0.2) is 0 Å². The lowest BCUT2D eigenvalue weighted by Crippen LogP contribution is -2.40.